The van der Waals surface area contributed by atoms with Crippen LogP contribution in [0.2, 0.25) is 5.02 Å². The molecule has 2 amide bonds. The largest absolute Gasteiger partial charge is 0.329 e. The highest BCUT2D eigenvalue weighted by Gasteiger charge is 2.41. The Hall–Kier alpha value is -2.84. The number of carbonyl (C=O) groups is 2. The Kier molecular flexibility index (Phi) is 5.48. The highest BCUT2D eigenvalue weighted by molar-refractivity contribution is 6.30. The standard InChI is InChI=1S/C21H20ClN3O2/c1-14(2)24-13-19(26)25(12-16-5-3-15(11-23)4-6-16)20(21(24)27)17-7-9-18(22)10-8-17/h3-10,14,20H,12-13H2,1-2H3. The van der Waals surface area contributed by atoms with Crippen LogP contribution in [0.5, 0.6) is 0 Å². The highest BCUT2D eigenvalue weighted by Crippen LogP contribution is 2.31. The van der Waals surface area contributed by atoms with Crippen molar-refractivity contribution in [3.05, 3.63) is 70.2 Å². The minimum Gasteiger partial charge on any atom is -0.329 e. The molecular weight excluding hydrogens is 362 g/mol. The number of hydrogen-bond donors (Lipinski definition) is 0. The van der Waals surface area contributed by atoms with Crippen molar-refractivity contribution in [3.8, 4) is 6.07 Å². The van der Waals surface area contributed by atoms with Crippen LogP contribution in [0, 0.1) is 11.3 Å². The smallest absolute Gasteiger partial charge is 0.250 e. The van der Waals surface area contributed by atoms with Crippen molar-refractivity contribution in [2.45, 2.75) is 32.5 Å². The van der Waals surface area contributed by atoms with E-state index in [2.05, 4.69) is 6.07 Å². The molecule has 138 valence electrons. The van der Waals surface area contributed by atoms with Crippen molar-refractivity contribution in [1.29, 1.82) is 5.26 Å². The molecule has 0 aliphatic carbocycles. The summed E-state index contributed by atoms with van der Waals surface area (Å²) in [6.45, 7) is 4.17. The Morgan fingerprint density at radius 2 is 1.74 bits per heavy atom. The van der Waals surface area contributed by atoms with Gasteiger partial charge in [0, 0.05) is 17.6 Å². The molecule has 1 saturated heterocycles. The molecule has 0 radical (unpaired) electrons. The van der Waals surface area contributed by atoms with Gasteiger partial charge < -0.3 is 9.80 Å². The average molecular weight is 382 g/mol. The van der Waals surface area contributed by atoms with Gasteiger partial charge in [0.05, 0.1) is 11.6 Å². The molecule has 0 bridgehead atoms. The Balaban J connectivity index is 1.97. The summed E-state index contributed by atoms with van der Waals surface area (Å²) in [5, 5.41) is 9.52. The first-order valence-corrected chi connectivity index (χ1v) is 9.13. The maximum absolute atomic E-state index is 13.2. The van der Waals surface area contributed by atoms with Crippen LogP contribution in [-0.4, -0.2) is 34.2 Å². The third kappa shape index (κ3) is 3.96. The van der Waals surface area contributed by atoms with Crippen LogP contribution in [0.25, 0.3) is 0 Å². The first kappa shape index (κ1) is 18.9. The minimum absolute atomic E-state index is 0.0617. The monoisotopic (exact) mass is 381 g/mol. The van der Waals surface area contributed by atoms with E-state index in [9.17, 15) is 9.59 Å². The fourth-order valence-electron chi connectivity index (χ4n) is 3.21. The number of nitrogens with zero attached hydrogens (tertiary/aromatic N) is 3. The molecule has 2 aromatic rings. The van der Waals surface area contributed by atoms with Gasteiger partial charge in [-0.25, -0.2) is 0 Å². The lowest BCUT2D eigenvalue weighted by molar-refractivity contribution is -0.158. The van der Waals surface area contributed by atoms with E-state index in [1.807, 2.05) is 26.0 Å². The molecule has 1 unspecified atom stereocenters. The van der Waals surface area contributed by atoms with E-state index in [1.54, 1.807) is 46.2 Å². The lowest BCUT2D eigenvalue weighted by Crippen LogP contribution is -2.56. The summed E-state index contributed by atoms with van der Waals surface area (Å²) in [6.07, 6.45) is 0. The molecule has 0 spiro atoms. The molecule has 27 heavy (non-hydrogen) atoms. The van der Waals surface area contributed by atoms with Gasteiger partial charge in [-0.05, 0) is 49.2 Å². The van der Waals surface area contributed by atoms with Gasteiger partial charge in [-0.15, -0.1) is 0 Å². The highest BCUT2D eigenvalue weighted by atomic mass is 35.5. The maximum Gasteiger partial charge on any atom is 0.250 e. The van der Waals surface area contributed by atoms with Crippen LogP contribution in [0.4, 0.5) is 0 Å². The zero-order valence-corrected chi connectivity index (χ0v) is 16.0. The number of carbonyl (C=O) groups excluding carboxylic acids is 2. The van der Waals surface area contributed by atoms with Crippen molar-refractivity contribution in [3.63, 3.8) is 0 Å². The molecule has 6 heteroatoms. The summed E-state index contributed by atoms with van der Waals surface area (Å²) in [5.74, 6) is -0.201. The van der Waals surface area contributed by atoms with Crippen molar-refractivity contribution in [2.24, 2.45) is 0 Å². The molecule has 3 rings (SSSR count). The fourth-order valence-corrected chi connectivity index (χ4v) is 3.34. The predicted molar refractivity (Wildman–Crippen MR) is 103 cm³/mol. The van der Waals surface area contributed by atoms with Crippen LogP contribution in [0.3, 0.4) is 0 Å². The van der Waals surface area contributed by atoms with Crippen molar-refractivity contribution in [1.82, 2.24) is 9.80 Å². The molecule has 1 fully saturated rings. The van der Waals surface area contributed by atoms with E-state index < -0.39 is 6.04 Å². The van der Waals surface area contributed by atoms with Crippen molar-refractivity contribution in [2.75, 3.05) is 6.54 Å². The first-order valence-electron chi connectivity index (χ1n) is 8.75. The number of piperazine rings is 1. The van der Waals surface area contributed by atoms with Gasteiger partial charge in [-0.3, -0.25) is 9.59 Å². The number of amides is 2. The Morgan fingerprint density at radius 1 is 1.11 bits per heavy atom. The zero-order chi connectivity index (χ0) is 19.6. The quantitative estimate of drug-likeness (QED) is 0.813. The minimum atomic E-state index is -0.693. The summed E-state index contributed by atoms with van der Waals surface area (Å²) in [6, 6.07) is 15.4. The predicted octanol–water partition coefficient (Wildman–Crippen LogP) is 3.53. The molecule has 0 N–H and O–H groups in total. The van der Waals surface area contributed by atoms with Crippen LogP contribution in [-0.2, 0) is 16.1 Å². The van der Waals surface area contributed by atoms with E-state index in [-0.39, 0.29) is 24.4 Å². The molecule has 5 nitrogen and oxygen atoms in total. The molecule has 0 saturated carbocycles. The lowest BCUT2D eigenvalue weighted by atomic mass is 9.99. The van der Waals surface area contributed by atoms with Crippen LogP contribution in [0.15, 0.2) is 48.5 Å². The van der Waals surface area contributed by atoms with Crippen LogP contribution in [0.1, 0.15) is 36.6 Å². The van der Waals surface area contributed by atoms with Gasteiger partial charge in [-0.1, -0.05) is 35.9 Å². The van der Waals surface area contributed by atoms with E-state index in [1.165, 1.54) is 0 Å². The van der Waals surface area contributed by atoms with Crippen molar-refractivity contribution < 1.29 is 9.59 Å². The van der Waals surface area contributed by atoms with Gasteiger partial charge in [0.15, 0.2) is 0 Å². The van der Waals surface area contributed by atoms with Gasteiger partial charge in [-0.2, -0.15) is 5.26 Å². The second-order valence-electron chi connectivity index (χ2n) is 6.84. The summed E-state index contributed by atoms with van der Waals surface area (Å²) in [5.41, 5.74) is 2.16. The number of benzene rings is 2. The summed E-state index contributed by atoms with van der Waals surface area (Å²) in [4.78, 5) is 29.3. The van der Waals surface area contributed by atoms with E-state index in [0.29, 0.717) is 17.1 Å². The topological polar surface area (TPSA) is 64.4 Å². The molecule has 2 aromatic carbocycles. The first-order chi connectivity index (χ1) is 12.9. The van der Waals surface area contributed by atoms with Gasteiger partial charge in [0.1, 0.15) is 12.6 Å². The number of halogens is 1. The van der Waals surface area contributed by atoms with Crippen molar-refractivity contribution >= 4 is 23.4 Å². The maximum atomic E-state index is 13.2. The second kappa shape index (κ2) is 7.81. The second-order valence-corrected chi connectivity index (χ2v) is 7.28. The third-order valence-electron chi connectivity index (χ3n) is 4.70. The summed E-state index contributed by atoms with van der Waals surface area (Å²) in [7, 11) is 0. The average Bonchev–Trinajstić information content (AvgIpc) is 2.66. The third-order valence-corrected chi connectivity index (χ3v) is 4.95. The van der Waals surface area contributed by atoms with Gasteiger partial charge in [0.2, 0.25) is 5.91 Å². The van der Waals surface area contributed by atoms with Crippen LogP contribution < -0.4 is 0 Å². The van der Waals surface area contributed by atoms with Crippen LogP contribution >= 0.6 is 11.6 Å². The SMILES string of the molecule is CC(C)N1CC(=O)N(Cc2ccc(C#N)cc2)C(c2ccc(Cl)cc2)C1=O. The Bertz CT molecular complexity index is 885. The number of hydrogen-bond acceptors (Lipinski definition) is 3. The molecule has 1 aliphatic heterocycles. The summed E-state index contributed by atoms with van der Waals surface area (Å²) >= 11 is 5.99. The van der Waals surface area contributed by atoms with Gasteiger partial charge >= 0.3 is 0 Å². The van der Waals surface area contributed by atoms with E-state index in [4.69, 9.17) is 16.9 Å². The van der Waals surface area contributed by atoms with E-state index in [0.717, 1.165) is 11.1 Å². The van der Waals surface area contributed by atoms with E-state index >= 15 is 0 Å². The normalized spacial score (nSPS) is 17.4. The molecule has 0 aromatic heterocycles. The Labute approximate surface area is 163 Å². The summed E-state index contributed by atoms with van der Waals surface area (Å²) < 4.78 is 0. The molecule has 1 heterocycles. The number of nitriles is 1. The molecule has 1 atom stereocenters. The molecule has 1 aliphatic rings. The molecular formula is C21H20ClN3O2. The van der Waals surface area contributed by atoms with Gasteiger partial charge in [0.25, 0.3) is 5.91 Å². The number of rotatable bonds is 4. The fraction of sp³-hybridized carbons (Fsp3) is 0.286. The Morgan fingerprint density at radius 3 is 2.30 bits per heavy atom. The lowest BCUT2D eigenvalue weighted by Gasteiger charge is -2.42. The zero-order valence-electron chi connectivity index (χ0n) is 15.2.